The fraction of sp³-hybridized carbons (Fsp3) is 0.538. The third-order valence-corrected chi connectivity index (χ3v) is 2.14. The molecule has 0 radical (unpaired) electrons. The Hall–Kier alpha value is -1.78. The maximum absolute atomic E-state index is 11.8. The molecule has 0 saturated carbocycles. The van der Waals surface area contributed by atoms with Crippen molar-refractivity contribution in [2.45, 2.75) is 45.8 Å². The molecule has 100 valence electrons. The Labute approximate surface area is 106 Å². The lowest BCUT2D eigenvalue weighted by atomic mass is 10.1. The number of alkyl carbamates (subject to hydrolysis) is 1. The molecule has 1 atom stereocenters. The smallest absolute Gasteiger partial charge is 0.408 e. The Bertz CT molecular complexity index is 403. The largest absolute Gasteiger partial charge is 0.469 e. The number of ether oxygens (including phenoxy) is 1. The molecular formula is C13H19NO4. The molecule has 1 aromatic heterocycles. The summed E-state index contributed by atoms with van der Waals surface area (Å²) in [4.78, 5) is 23.2. The second kappa shape index (κ2) is 5.71. The zero-order chi connectivity index (χ0) is 13.8. The highest BCUT2D eigenvalue weighted by molar-refractivity contribution is 5.88. The average Bonchev–Trinajstić information content (AvgIpc) is 2.66. The molecule has 5 nitrogen and oxygen atoms in total. The van der Waals surface area contributed by atoms with Gasteiger partial charge in [0.2, 0.25) is 0 Å². The maximum Gasteiger partial charge on any atom is 0.408 e. The van der Waals surface area contributed by atoms with E-state index in [4.69, 9.17) is 9.15 Å². The highest BCUT2D eigenvalue weighted by Gasteiger charge is 2.21. The second-order valence-electron chi connectivity index (χ2n) is 5.09. The van der Waals surface area contributed by atoms with Crippen molar-refractivity contribution in [2.75, 3.05) is 0 Å². The van der Waals surface area contributed by atoms with Gasteiger partial charge >= 0.3 is 6.09 Å². The van der Waals surface area contributed by atoms with Crippen LogP contribution in [-0.2, 0) is 16.0 Å². The van der Waals surface area contributed by atoms with E-state index in [1.54, 1.807) is 39.8 Å². The Kier molecular flexibility index (Phi) is 4.53. The van der Waals surface area contributed by atoms with Gasteiger partial charge in [-0.15, -0.1) is 0 Å². The van der Waals surface area contributed by atoms with Crippen molar-refractivity contribution < 1.29 is 18.7 Å². The number of hydrogen-bond donors (Lipinski definition) is 1. The van der Waals surface area contributed by atoms with E-state index in [0.29, 0.717) is 5.76 Å². The van der Waals surface area contributed by atoms with Crippen LogP contribution in [0.25, 0.3) is 0 Å². The highest BCUT2D eigenvalue weighted by atomic mass is 16.6. The van der Waals surface area contributed by atoms with E-state index in [-0.39, 0.29) is 12.2 Å². The monoisotopic (exact) mass is 253 g/mol. The molecule has 0 aliphatic heterocycles. The molecule has 1 unspecified atom stereocenters. The molecular weight excluding hydrogens is 234 g/mol. The minimum absolute atomic E-state index is 0.129. The van der Waals surface area contributed by atoms with Gasteiger partial charge in [0, 0.05) is 0 Å². The lowest BCUT2D eigenvalue weighted by Crippen LogP contribution is -2.42. The van der Waals surface area contributed by atoms with E-state index in [2.05, 4.69) is 5.32 Å². The zero-order valence-electron chi connectivity index (χ0n) is 11.1. The third-order valence-electron chi connectivity index (χ3n) is 2.14. The van der Waals surface area contributed by atoms with E-state index in [0.717, 1.165) is 0 Å². The minimum atomic E-state index is -0.607. The van der Waals surface area contributed by atoms with Crippen LogP contribution in [0, 0.1) is 0 Å². The molecule has 5 heteroatoms. The van der Waals surface area contributed by atoms with Gasteiger partial charge in [-0.2, -0.15) is 0 Å². The first-order chi connectivity index (χ1) is 8.28. The van der Waals surface area contributed by atoms with Gasteiger partial charge in [0.15, 0.2) is 5.78 Å². The van der Waals surface area contributed by atoms with Crippen molar-refractivity contribution >= 4 is 11.9 Å². The number of ketones is 1. The molecule has 1 heterocycles. The number of carbonyl (C=O) groups excluding carboxylic acids is 2. The number of amides is 1. The zero-order valence-corrected chi connectivity index (χ0v) is 11.1. The van der Waals surface area contributed by atoms with Crippen LogP contribution in [0.2, 0.25) is 0 Å². The van der Waals surface area contributed by atoms with Gasteiger partial charge in [-0.25, -0.2) is 4.79 Å². The van der Waals surface area contributed by atoms with Crippen LogP contribution in [-0.4, -0.2) is 23.5 Å². The van der Waals surface area contributed by atoms with Crippen molar-refractivity contribution in [1.29, 1.82) is 0 Å². The molecule has 0 aliphatic carbocycles. The van der Waals surface area contributed by atoms with Gasteiger partial charge in [0.05, 0.1) is 18.7 Å². The van der Waals surface area contributed by atoms with Crippen LogP contribution in [0.15, 0.2) is 22.8 Å². The van der Waals surface area contributed by atoms with Crippen molar-refractivity contribution in [3.05, 3.63) is 24.2 Å². The van der Waals surface area contributed by atoms with Crippen LogP contribution in [0.4, 0.5) is 4.79 Å². The molecule has 1 rings (SSSR count). The van der Waals surface area contributed by atoms with Crippen LogP contribution in [0.1, 0.15) is 33.5 Å². The molecule has 0 spiro atoms. The van der Waals surface area contributed by atoms with E-state index in [1.165, 1.54) is 6.26 Å². The van der Waals surface area contributed by atoms with Gasteiger partial charge in [-0.3, -0.25) is 4.79 Å². The van der Waals surface area contributed by atoms with Crippen molar-refractivity contribution in [3.8, 4) is 0 Å². The molecule has 0 saturated heterocycles. The molecule has 0 bridgehead atoms. The Morgan fingerprint density at radius 2 is 2.11 bits per heavy atom. The number of rotatable bonds is 4. The van der Waals surface area contributed by atoms with Crippen molar-refractivity contribution in [3.63, 3.8) is 0 Å². The normalized spacial score (nSPS) is 12.9. The summed E-state index contributed by atoms with van der Waals surface area (Å²) in [5, 5.41) is 2.50. The first-order valence-electron chi connectivity index (χ1n) is 5.82. The molecule has 0 aromatic carbocycles. The van der Waals surface area contributed by atoms with Gasteiger partial charge < -0.3 is 14.5 Å². The van der Waals surface area contributed by atoms with Gasteiger partial charge in [-0.05, 0) is 39.8 Å². The fourth-order valence-corrected chi connectivity index (χ4v) is 1.30. The van der Waals surface area contributed by atoms with Crippen molar-refractivity contribution in [1.82, 2.24) is 5.32 Å². The van der Waals surface area contributed by atoms with E-state index >= 15 is 0 Å². The second-order valence-corrected chi connectivity index (χ2v) is 5.09. The van der Waals surface area contributed by atoms with Crippen LogP contribution < -0.4 is 5.32 Å². The summed E-state index contributed by atoms with van der Waals surface area (Å²) in [6.07, 6.45) is 1.07. The number of Topliss-reactive ketones (excluding diaryl/α,β-unsaturated/α-hetero) is 1. The molecule has 0 fully saturated rings. The summed E-state index contributed by atoms with van der Waals surface area (Å²) in [7, 11) is 0. The summed E-state index contributed by atoms with van der Waals surface area (Å²) in [5.74, 6) is 0.452. The summed E-state index contributed by atoms with van der Waals surface area (Å²) in [6, 6.07) is 2.83. The Balaban J connectivity index is 2.42. The third kappa shape index (κ3) is 5.03. The summed E-state index contributed by atoms with van der Waals surface area (Å²) in [6.45, 7) is 6.92. The first-order valence-corrected chi connectivity index (χ1v) is 5.82. The van der Waals surface area contributed by atoms with Gasteiger partial charge in [0.1, 0.15) is 11.4 Å². The van der Waals surface area contributed by atoms with E-state index in [9.17, 15) is 9.59 Å². The number of furan rings is 1. The predicted molar refractivity (Wildman–Crippen MR) is 66.3 cm³/mol. The van der Waals surface area contributed by atoms with Crippen LogP contribution in [0.3, 0.4) is 0 Å². The molecule has 0 aliphatic rings. The number of hydrogen-bond acceptors (Lipinski definition) is 4. The summed E-state index contributed by atoms with van der Waals surface area (Å²) < 4.78 is 10.1. The molecule has 1 aromatic rings. The van der Waals surface area contributed by atoms with Crippen LogP contribution in [0.5, 0.6) is 0 Å². The maximum atomic E-state index is 11.8. The topological polar surface area (TPSA) is 68.5 Å². The lowest BCUT2D eigenvalue weighted by Gasteiger charge is -2.21. The standard InChI is InChI=1S/C13H19NO4/c1-9(14-12(16)18-13(2,3)4)11(15)8-10-6-5-7-17-10/h5-7,9H,8H2,1-4H3,(H,14,16). The average molecular weight is 253 g/mol. The summed E-state index contributed by atoms with van der Waals surface area (Å²) in [5.41, 5.74) is -0.576. The SMILES string of the molecule is CC(NC(=O)OC(C)(C)C)C(=O)Cc1ccco1. The molecule has 1 amide bonds. The first kappa shape index (κ1) is 14.3. The van der Waals surface area contributed by atoms with Crippen molar-refractivity contribution in [2.24, 2.45) is 0 Å². The van der Waals surface area contributed by atoms with Gasteiger partial charge in [0.25, 0.3) is 0 Å². The fourth-order valence-electron chi connectivity index (χ4n) is 1.30. The van der Waals surface area contributed by atoms with E-state index < -0.39 is 17.7 Å². The molecule has 18 heavy (non-hydrogen) atoms. The quantitative estimate of drug-likeness (QED) is 0.894. The van der Waals surface area contributed by atoms with E-state index in [1.807, 2.05) is 0 Å². The number of carbonyl (C=O) groups is 2. The van der Waals surface area contributed by atoms with Gasteiger partial charge in [-0.1, -0.05) is 0 Å². The van der Waals surface area contributed by atoms with Crippen LogP contribution >= 0.6 is 0 Å². The lowest BCUT2D eigenvalue weighted by molar-refractivity contribution is -0.120. The minimum Gasteiger partial charge on any atom is -0.469 e. The Morgan fingerprint density at radius 1 is 1.44 bits per heavy atom. The highest BCUT2D eigenvalue weighted by Crippen LogP contribution is 2.07. The summed E-state index contributed by atoms with van der Waals surface area (Å²) >= 11 is 0. The number of nitrogens with one attached hydrogen (secondary N) is 1. The Morgan fingerprint density at radius 3 is 2.61 bits per heavy atom. The molecule has 1 N–H and O–H groups in total. The predicted octanol–water partition coefficient (Wildman–Crippen LogP) is 2.30.